The highest BCUT2D eigenvalue weighted by Gasteiger charge is 2.23. The molecule has 0 bridgehead atoms. The summed E-state index contributed by atoms with van der Waals surface area (Å²) in [4.78, 5) is 31.2. The Morgan fingerprint density at radius 2 is 2.18 bits per heavy atom. The van der Waals surface area contributed by atoms with Gasteiger partial charge < -0.3 is 14.8 Å². The molecule has 122 valence electrons. The van der Waals surface area contributed by atoms with Crippen LogP contribution in [0.1, 0.15) is 36.3 Å². The number of carbonyl (C=O) groups excluding carboxylic acids is 1. The van der Waals surface area contributed by atoms with Gasteiger partial charge in [-0.25, -0.2) is 0 Å². The molecule has 2 heterocycles. The minimum Gasteiger partial charge on any atom is -0.341 e. The van der Waals surface area contributed by atoms with Gasteiger partial charge in [0.15, 0.2) is 0 Å². The van der Waals surface area contributed by atoms with Crippen molar-refractivity contribution in [3.05, 3.63) is 33.7 Å². The maximum atomic E-state index is 12.6. The van der Waals surface area contributed by atoms with E-state index in [1.54, 1.807) is 4.90 Å². The van der Waals surface area contributed by atoms with Gasteiger partial charge in [-0.15, -0.1) is 0 Å². The molecule has 0 aromatic carbocycles. The molecule has 5 nitrogen and oxygen atoms in total. The molecule has 0 spiro atoms. The van der Waals surface area contributed by atoms with Crippen LogP contribution in [-0.2, 0) is 6.42 Å². The molecule has 1 fully saturated rings. The summed E-state index contributed by atoms with van der Waals surface area (Å²) in [5.41, 5.74) is 1.13. The van der Waals surface area contributed by atoms with Crippen LogP contribution in [-0.4, -0.2) is 54.4 Å². The van der Waals surface area contributed by atoms with Gasteiger partial charge in [-0.3, -0.25) is 9.59 Å². The first kappa shape index (κ1) is 16.7. The van der Waals surface area contributed by atoms with E-state index in [-0.39, 0.29) is 11.5 Å². The number of amides is 1. The molecule has 2 rings (SSSR count). The number of aromatic nitrogens is 1. The topological polar surface area (TPSA) is 56.4 Å². The van der Waals surface area contributed by atoms with Crippen LogP contribution < -0.4 is 5.56 Å². The van der Waals surface area contributed by atoms with Gasteiger partial charge in [-0.1, -0.05) is 13.8 Å². The summed E-state index contributed by atoms with van der Waals surface area (Å²) in [5.74, 6) is 0.898. The molecule has 1 aliphatic heterocycles. The maximum Gasteiger partial charge on any atom is 0.253 e. The molecule has 1 atom stereocenters. The molecule has 1 unspecified atom stereocenters. The van der Waals surface area contributed by atoms with Crippen LogP contribution in [0.4, 0.5) is 0 Å². The highest BCUT2D eigenvalue weighted by molar-refractivity contribution is 5.94. The number of pyridine rings is 1. The average molecular weight is 305 g/mol. The van der Waals surface area contributed by atoms with E-state index < -0.39 is 0 Å². The molecule has 1 aromatic rings. The highest BCUT2D eigenvalue weighted by Crippen LogP contribution is 2.16. The minimum absolute atomic E-state index is 0.0642. The third-order valence-corrected chi connectivity index (χ3v) is 4.14. The first-order chi connectivity index (χ1) is 10.3. The van der Waals surface area contributed by atoms with Gasteiger partial charge in [-0.2, -0.15) is 0 Å². The van der Waals surface area contributed by atoms with Crippen LogP contribution in [0, 0.1) is 11.8 Å². The van der Waals surface area contributed by atoms with Crippen molar-refractivity contribution in [3.63, 3.8) is 0 Å². The van der Waals surface area contributed by atoms with Gasteiger partial charge in [0.05, 0.1) is 0 Å². The Kier molecular flexibility index (Phi) is 5.40. The van der Waals surface area contributed by atoms with Crippen molar-refractivity contribution in [2.45, 2.75) is 26.7 Å². The summed E-state index contributed by atoms with van der Waals surface area (Å²) in [6.07, 6.45) is 1.90. The molecule has 1 amide bonds. The Balaban J connectivity index is 2.07. The number of likely N-dealkylation sites (tertiary alicyclic amines) is 1. The quantitative estimate of drug-likeness (QED) is 0.899. The summed E-state index contributed by atoms with van der Waals surface area (Å²) < 4.78 is 0. The van der Waals surface area contributed by atoms with Crippen molar-refractivity contribution in [2.75, 3.05) is 33.7 Å². The van der Waals surface area contributed by atoms with E-state index >= 15 is 0 Å². The van der Waals surface area contributed by atoms with Crippen LogP contribution in [0.25, 0.3) is 0 Å². The van der Waals surface area contributed by atoms with Gasteiger partial charge in [0.2, 0.25) is 5.56 Å². The first-order valence-corrected chi connectivity index (χ1v) is 8.02. The molecule has 0 aliphatic carbocycles. The second kappa shape index (κ2) is 7.09. The summed E-state index contributed by atoms with van der Waals surface area (Å²) in [6.45, 7) is 7.06. The van der Waals surface area contributed by atoms with Crippen molar-refractivity contribution in [1.82, 2.24) is 14.8 Å². The zero-order chi connectivity index (χ0) is 16.3. The van der Waals surface area contributed by atoms with E-state index in [1.807, 2.05) is 13.1 Å². The minimum atomic E-state index is -0.199. The normalized spacial score (nSPS) is 18.9. The second-order valence-electron chi connectivity index (χ2n) is 6.96. The third kappa shape index (κ3) is 4.44. The Morgan fingerprint density at radius 3 is 2.77 bits per heavy atom. The maximum absolute atomic E-state index is 12.6. The summed E-state index contributed by atoms with van der Waals surface area (Å²) >= 11 is 0. The lowest BCUT2D eigenvalue weighted by atomic mass is 10.1. The molecular weight excluding hydrogens is 278 g/mol. The standard InChI is InChI=1S/C17H27N3O2/c1-12(2)7-15-8-14(9-16(21)18-15)17(22)20(4)11-13-5-6-19(3)10-13/h8-9,12-13H,5-7,10-11H2,1-4H3,(H,18,21). The molecule has 1 aliphatic rings. The Hall–Kier alpha value is -1.62. The number of hydrogen-bond acceptors (Lipinski definition) is 3. The lowest BCUT2D eigenvalue weighted by Crippen LogP contribution is -2.33. The Morgan fingerprint density at radius 1 is 1.45 bits per heavy atom. The number of aromatic amines is 1. The molecule has 1 saturated heterocycles. The van der Waals surface area contributed by atoms with E-state index in [0.717, 1.165) is 38.2 Å². The predicted molar refractivity (Wildman–Crippen MR) is 88.2 cm³/mol. The zero-order valence-electron chi connectivity index (χ0n) is 14.1. The first-order valence-electron chi connectivity index (χ1n) is 8.02. The Bertz CT molecular complexity index is 580. The van der Waals surface area contributed by atoms with Gasteiger partial charge in [0.25, 0.3) is 5.91 Å². The summed E-state index contributed by atoms with van der Waals surface area (Å²) in [7, 11) is 3.93. The summed E-state index contributed by atoms with van der Waals surface area (Å²) in [5, 5.41) is 0. The molecule has 1 N–H and O–H groups in total. The fraction of sp³-hybridized carbons (Fsp3) is 0.647. The lowest BCUT2D eigenvalue weighted by molar-refractivity contribution is 0.0773. The zero-order valence-corrected chi connectivity index (χ0v) is 14.1. The molecule has 22 heavy (non-hydrogen) atoms. The van der Waals surface area contributed by atoms with Gasteiger partial charge in [0, 0.05) is 37.5 Å². The van der Waals surface area contributed by atoms with Crippen molar-refractivity contribution in [2.24, 2.45) is 11.8 Å². The fourth-order valence-corrected chi connectivity index (χ4v) is 3.14. The van der Waals surface area contributed by atoms with Crippen LogP contribution in [0.15, 0.2) is 16.9 Å². The largest absolute Gasteiger partial charge is 0.341 e. The van der Waals surface area contributed by atoms with E-state index in [0.29, 0.717) is 17.4 Å². The monoisotopic (exact) mass is 305 g/mol. The van der Waals surface area contributed by atoms with Gasteiger partial charge in [-0.05, 0) is 44.3 Å². The van der Waals surface area contributed by atoms with E-state index in [1.165, 1.54) is 6.07 Å². The molecule has 0 saturated carbocycles. The average Bonchev–Trinajstić information content (AvgIpc) is 2.81. The number of rotatable bonds is 5. The molecule has 1 aromatic heterocycles. The molecule has 0 radical (unpaired) electrons. The van der Waals surface area contributed by atoms with E-state index in [9.17, 15) is 9.59 Å². The van der Waals surface area contributed by atoms with E-state index in [4.69, 9.17) is 0 Å². The van der Waals surface area contributed by atoms with Crippen LogP contribution in [0.3, 0.4) is 0 Å². The third-order valence-electron chi connectivity index (χ3n) is 4.14. The van der Waals surface area contributed by atoms with Gasteiger partial charge in [0.1, 0.15) is 0 Å². The number of nitrogens with zero attached hydrogens (tertiary/aromatic N) is 2. The SMILES string of the molecule is CC(C)Cc1cc(C(=O)N(C)CC2CCN(C)C2)cc(=O)[nH]1. The van der Waals surface area contributed by atoms with Crippen LogP contribution in [0.2, 0.25) is 0 Å². The van der Waals surface area contributed by atoms with Crippen molar-refractivity contribution >= 4 is 5.91 Å². The smallest absolute Gasteiger partial charge is 0.253 e. The molecule has 5 heteroatoms. The highest BCUT2D eigenvalue weighted by atomic mass is 16.2. The second-order valence-corrected chi connectivity index (χ2v) is 6.96. The number of H-pyrrole nitrogens is 1. The van der Waals surface area contributed by atoms with Crippen molar-refractivity contribution in [3.8, 4) is 0 Å². The Labute approximate surface area is 132 Å². The van der Waals surface area contributed by atoms with Crippen molar-refractivity contribution in [1.29, 1.82) is 0 Å². The van der Waals surface area contributed by atoms with Crippen LogP contribution in [0.5, 0.6) is 0 Å². The lowest BCUT2D eigenvalue weighted by Gasteiger charge is -2.21. The number of carbonyl (C=O) groups is 1. The fourth-order valence-electron chi connectivity index (χ4n) is 3.14. The number of nitrogens with one attached hydrogen (secondary N) is 1. The summed E-state index contributed by atoms with van der Waals surface area (Å²) in [6, 6.07) is 3.23. The predicted octanol–water partition coefficient (Wildman–Crippen LogP) is 1.60. The number of hydrogen-bond donors (Lipinski definition) is 1. The molecular formula is C17H27N3O2. The van der Waals surface area contributed by atoms with E-state index in [2.05, 4.69) is 30.8 Å². The van der Waals surface area contributed by atoms with Crippen molar-refractivity contribution < 1.29 is 4.79 Å². The van der Waals surface area contributed by atoms with Crippen LogP contribution >= 0.6 is 0 Å². The van der Waals surface area contributed by atoms with Gasteiger partial charge >= 0.3 is 0 Å².